The maximum Gasteiger partial charge on any atom is 0.253 e. The Morgan fingerprint density at radius 1 is 1.00 bits per heavy atom. The molecule has 0 bridgehead atoms. The van der Waals surface area contributed by atoms with Gasteiger partial charge in [0.1, 0.15) is 6.61 Å². The van der Waals surface area contributed by atoms with Crippen molar-refractivity contribution in [2.45, 2.75) is 20.1 Å². The normalized spacial score (nSPS) is 13.7. The number of amides is 2. The van der Waals surface area contributed by atoms with E-state index < -0.39 is 5.91 Å². The van der Waals surface area contributed by atoms with Gasteiger partial charge in [-0.15, -0.1) is 0 Å². The molecule has 1 aliphatic rings. The van der Waals surface area contributed by atoms with Gasteiger partial charge >= 0.3 is 0 Å². The van der Waals surface area contributed by atoms with E-state index in [9.17, 15) is 9.59 Å². The van der Waals surface area contributed by atoms with Gasteiger partial charge in [-0.2, -0.15) is 0 Å². The van der Waals surface area contributed by atoms with Gasteiger partial charge in [-0.05, 0) is 47.4 Å². The van der Waals surface area contributed by atoms with Crippen molar-refractivity contribution in [3.05, 3.63) is 89.0 Å². The van der Waals surface area contributed by atoms with Crippen molar-refractivity contribution in [1.82, 2.24) is 0 Å². The first-order valence-electron chi connectivity index (χ1n) is 9.49. The van der Waals surface area contributed by atoms with Gasteiger partial charge in [0.05, 0.1) is 18.8 Å². The molecule has 5 nitrogen and oxygen atoms in total. The molecule has 0 saturated heterocycles. The summed E-state index contributed by atoms with van der Waals surface area (Å²) in [7, 11) is 0. The summed E-state index contributed by atoms with van der Waals surface area (Å²) in [6.07, 6.45) is 0. The van der Waals surface area contributed by atoms with Gasteiger partial charge < -0.3 is 15.4 Å². The molecule has 0 aromatic heterocycles. The number of carbonyl (C=O) groups is 2. The highest BCUT2D eigenvalue weighted by Gasteiger charge is 2.24. The van der Waals surface area contributed by atoms with E-state index in [0.29, 0.717) is 18.7 Å². The van der Waals surface area contributed by atoms with Crippen LogP contribution in [-0.4, -0.2) is 18.4 Å². The maximum absolute atomic E-state index is 12.8. The number of hydrogen-bond acceptors (Lipinski definition) is 3. The number of rotatable bonds is 4. The third-order valence-electron chi connectivity index (χ3n) is 5.23. The maximum atomic E-state index is 12.8. The highest BCUT2D eigenvalue weighted by molar-refractivity contribution is 5.97. The second kappa shape index (κ2) is 7.89. The van der Waals surface area contributed by atoms with Gasteiger partial charge in [0.2, 0.25) is 5.91 Å². The third kappa shape index (κ3) is 3.91. The number of aryl methyl sites for hydroxylation is 1. The lowest BCUT2D eigenvalue weighted by Crippen LogP contribution is -2.32. The van der Waals surface area contributed by atoms with Gasteiger partial charge in [0.25, 0.3) is 5.91 Å². The summed E-state index contributed by atoms with van der Waals surface area (Å²) in [5, 5.41) is 0. The Bertz CT molecular complexity index is 1090. The first kappa shape index (κ1) is 18.9. The van der Waals surface area contributed by atoms with Crippen LogP contribution in [0.4, 0.5) is 5.69 Å². The van der Waals surface area contributed by atoms with Crippen LogP contribution in [0.3, 0.4) is 0 Å². The van der Waals surface area contributed by atoms with E-state index in [1.165, 1.54) is 0 Å². The van der Waals surface area contributed by atoms with E-state index in [-0.39, 0.29) is 12.5 Å². The Labute approximate surface area is 169 Å². The molecule has 146 valence electrons. The van der Waals surface area contributed by atoms with Crippen LogP contribution >= 0.6 is 0 Å². The minimum Gasteiger partial charge on any atom is -0.367 e. The topological polar surface area (TPSA) is 72.6 Å². The third-order valence-corrected chi connectivity index (χ3v) is 5.23. The Kier molecular flexibility index (Phi) is 5.14. The van der Waals surface area contributed by atoms with Crippen LogP contribution in [0.2, 0.25) is 0 Å². The Morgan fingerprint density at radius 3 is 2.59 bits per heavy atom. The van der Waals surface area contributed by atoms with Crippen molar-refractivity contribution in [2.24, 2.45) is 5.73 Å². The van der Waals surface area contributed by atoms with E-state index in [2.05, 4.69) is 0 Å². The molecule has 2 amide bonds. The fraction of sp³-hybridized carbons (Fsp3) is 0.167. The number of hydrogen-bond donors (Lipinski definition) is 1. The zero-order valence-electron chi connectivity index (χ0n) is 16.2. The molecule has 3 aromatic carbocycles. The first-order valence-corrected chi connectivity index (χ1v) is 9.49. The minimum atomic E-state index is -0.466. The molecule has 4 rings (SSSR count). The predicted molar refractivity (Wildman–Crippen MR) is 112 cm³/mol. The molecule has 0 aliphatic carbocycles. The van der Waals surface area contributed by atoms with E-state index in [0.717, 1.165) is 33.5 Å². The van der Waals surface area contributed by atoms with Crippen LogP contribution in [-0.2, 0) is 22.7 Å². The lowest BCUT2D eigenvalue weighted by molar-refractivity contribution is -0.123. The van der Waals surface area contributed by atoms with E-state index in [4.69, 9.17) is 10.5 Å². The number of primary amides is 1. The number of nitrogens with zero attached hydrogens (tertiary/aromatic N) is 1. The highest BCUT2D eigenvalue weighted by Crippen LogP contribution is 2.32. The quantitative estimate of drug-likeness (QED) is 0.741. The van der Waals surface area contributed by atoms with Crippen LogP contribution in [0.5, 0.6) is 0 Å². The van der Waals surface area contributed by atoms with E-state index >= 15 is 0 Å². The van der Waals surface area contributed by atoms with E-state index in [1.54, 1.807) is 23.1 Å². The fourth-order valence-electron chi connectivity index (χ4n) is 3.56. The Morgan fingerprint density at radius 2 is 1.79 bits per heavy atom. The number of ether oxygens (including phenoxy) is 1. The van der Waals surface area contributed by atoms with Crippen LogP contribution in [0.25, 0.3) is 11.1 Å². The summed E-state index contributed by atoms with van der Waals surface area (Å²) >= 11 is 0. The van der Waals surface area contributed by atoms with E-state index in [1.807, 2.05) is 55.5 Å². The summed E-state index contributed by atoms with van der Waals surface area (Å²) in [5.41, 5.74) is 11.7. The number of nitrogens with two attached hydrogens (primary N) is 1. The summed E-state index contributed by atoms with van der Waals surface area (Å²) in [6.45, 7) is 2.95. The fourth-order valence-corrected chi connectivity index (χ4v) is 3.56. The first-order chi connectivity index (χ1) is 14.0. The average Bonchev–Trinajstić information content (AvgIpc) is 2.88. The SMILES string of the molecule is Cc1ccccc1CN1C(=O)COCc2ccc(-c3cccc(C(N)=O)c3)cc21. The number of anilines is 1. The number of benzene rings is 3. The minimum absolute atomic E-state index is 0.0487. The van der Waals surface area contributed by atoms with Gasteiger partial charge in [0.15, 0.2) is 0 Å². The zero-order chi connectivity index (χ0) is 20.4. The number of fused-ring (bicyclic) bond motifs is 1. The van der Waals surface area contributed by atoms with Crippen molar-refractivity contribution >= 4 is 17.5 Å². The van der Waals surface area contributed by atoms with Crippen LogP contribution < -0.4 is 10.6 Å². The van der Waals surface area contributed by atoms with Gasteiger partial charge in [0, 0.05) is 11.1 Å². The second-order valence-corrected chi connectivity index (χ2v) is 7.19. The smallest absolute Gasteiger partial charge is 0.253 e. The lowest BCUT2D eigenvalue weighted by atomic mass is 9.99. The molecule has 5 heteroatoms. The van der Waals surface area contributed by atoms with Crippen LogP contribution in [0.15, 0.2) is 66.7 Å². The second-order valence-electron chi connectivity index (χ2n) is 7.19. The Hall–Kier alpha value is -3.44. The summed E-state index contributed by atoms with van der Waals surface area (Å²) in [5.74, 6) is -0.540. The van der Waals surface area contributed by atoms with Gasteiger partial charge in [-0.1, -0.05) is 48.5 Å². The van der Waals surface area contributed by atoms with Crippen molar-refractivity contribution in [2.75, 3.05) is 11.5 Å². The average molecular weight is 386 g/mol. The molecule has 0 spiro atoms. The molecule has 0 fully saturated rings. The van der Waals surface area contributed by atoms with Crippen molar-refractivity contribution < 1.29 is 14.3 Å². The van der Waals surface area contributed by atoms with Crippen molar-refractivity contribution in [3.8, 4) is 11.1 Å². The molecule has 1 heterocycles. The van der Waals surface area contributed by atoms with Crippen molar-refractivity contribution in [3.63, 3.8) is 0 Å². The molecule has 0 atom stereocenters. The summed E-state index contributed by atoms with van der Waals surface area (Å²) < 4.78 is 5.58. The van der Waals surface area contributed by atoms with Gasteiger partial charge in [-0.3, -0.25) is 9.59 Å². The molecular formula is C24H22N2O3. The predicted octanol–water partition coefficient (Wildman–Crippen LogP) is 3.82. The highest BCUT2D eigenvalue weighted by atomic mass is 16.5. The standard InChI is InChI=1S/C24H22N2O3/c1-16-5-2-3-6-20(16)13-26-22-12-18(9-10-21(22)14-29-15-23(26)27)17-7-4-8-19(11-17)24(25)28/h2-12H,13-15H2,1H3,(H2,25,28). The molecular weight excluding hydrogens is 364 g/mol. The number of carbonyl (C=O) groups excluding carboxylic acids is 2. The summed E-state index contributed by atoms with van der Waals surface area (Å²) in [6, 6.07) is 21.2. The molecule has 0 saturated carbocycles. The lowest BCUT2D eigenvalue weighted by Gasteiger charge is -2.24. The Balaban J connectivity index is 1.77. The van der Waals surface area contributed by atoms with Crippen molar-refractivity contribution in [1.29, 1.82) is 0 Å². The zero-order valence-corrected chi connectivity index (χ0v) is 16.2. The molecule has 29 heavy (non-hydrogen) atoms. The monoisotopic (exact) mass is 386 g/mol. The molecule has 2 N–H and O–H groups in total. The van der Waals surface area contributed by atoms with Crippen LogP contribution in [0.1, 0.15) is 27.0 Å². The largest absolute Gasteiger partial charge is 0.367 e. The summed E-state index contributed by atoms with van der Waals surface area (Å²) in [4.78, 5) is 26.2. The van der Waals surface area contributed by atoms with Crippen LogP contribution in [0, 0.1) is 6.92 Å². The molecule has 1 aliphatic heterocycles. The molecule has 0 radical (unpaired) electrons. The van der Waals surface area contributed by atoms with Gasteiger partial charge in [-0.25, -0.2) is 0 Å². The molecule has 3 aromatic rings. The molecule has 0 unspecified atom stereocenters.